The van der Waals surface area contributed by atoms with Gasteiger partial charge in [-0.1, -0.05) is 30.3 Å². The summed E-state index contributed by atoms with van der Waals surface area (Å²) < 4.78 is 0. The molecular formula is C19H21N3O. The van der Waals surface area contributed by atoms with Crippen LogP contribution in [0.4, 0.5) is 5.82 Å². The Labute approximate surface area is 136 Å². The van der Waals surface area contributed by atoms with Crippen molar-refractivity contribution in [2.24, 2.45) is 0 Å². The summed E-state index contributed by atoms with van der Waals surface area (Å²) in [6, 6.07) is 13.8. The van der Waals surface area contributed by atoms with Crippen molar-refractivity contribution in [2.75, 3.05) is 18.8 Å². The molecule has 1 aliphatic rings. The van der Waals surface area contributed by atoms with Crippen LogP contribution in [0.1, 0.15) is 25.0 Å². The van der Waals surface area contributed by atoms with Crippen LogP contribution in [-0.2, 0) is 4.79 Å². The van der Waals surface area contributed by atoms with Gasteiger partial charge in [0.1, 0.15) is 5.82 Å². The second-order valence-electron chi connectivity index (χ2n) is 5.75. The predicted octanol–water partition coefficient (Wildman–Crippen LogP) is 3.36. The van der Waals surface area contributed by atoms with Crippen LogP contribution in [0, 0.1) is 0 Å². The molecule has 1 amide bonds. The zero-order valence-electron chi connectivity index (χ0n) is 13.1. The lowest BCUT2D eigenvalue weighted by Crippen LogP contribution is -2.34. The van der Waals surface area contributed by atoms with Gasteiger partial charge in [-0.15, -0.1) is 0 Å². The van der Waals surface area contributed by atoms with E-state index in [1.54, 1.807) is 12.2 Å². The van der Waals surface area contributed by atoms with Crippen LogP contribution < -0.4 is 5.73 Å². The molecule has 0 bridgehead atoms. The molecule has 0 unspecified atom stereocenters. The van der Waals surface area contributed by atoms with Crippen LogP contribution in [0.2, 0.25) is 0 Å². The summed E-state index contributed by atoms with van der Waals surface area (Å²) in [6.45, 7) is 1.71. The Kier molecular flexibility index (Phi) is 4.71. The minimum absolute atomic E-state index is 0.0530. The summed E-state index contributed by atoms with van der Waals surface area (Å²) in [5.41, 5.74) is 8.71. The summed E-state index contributed by atoms with van der Waals surface area (Å²) >= 11 is 0. The Hall–Kier alpha value is -2.62. The fourth-order valence-electron chi connectivity index (χ4n) is 2.82. The summed E-state index contributed by atoms with van der Waals surface area (Å²) in [7, 11) is 0. The number of carbonyl (C=O) groups is 1. The molecule has 1 aromatic carbocycles. The number of nitrogens with two attached hydrogens (primary N) is 1. The quantitative estimate of drug-likeness (QED) is 0.885. The molecule has 1 aliphatic heterocycles. The number of amides is 1. The van der Waals surface area contributed by atoms with Crippen molar-refractivity contribution < 1.29 is 4.79 Å². The third-order valence-electron chi connectivity index (χ3n) is 4.10. The lowest BCUT2D eigenvalue weighted by Gasteiger charge is -2.25. The van der Waals surface area contributed by atoms with Gasteiger partial charge in [0.25, 0.3) is 0 Å². The van der Waals surface area contributed by atoms with E-state index in [-0.39, 0.29) is 5.91 Å². The van der Waals surface area contributed by atoms with Crippen LogP contribution in [-0.4, -0.2) is 28.9 Å². The second-order valence-corrected chi connectivity index (χ2v) is 5.75. The van der Waals surface area contributed by atoms with Gasteiger partial charge in [0, 0.05) is 24.7 Å². The first-order chi connectivity index (χ1) is 11.2. The molecule has 0 radical (unpaired) electrons. The lowest BCUT2D eigenvalue weighted by molar-refractivity contribution is -0.126. The highest BCUT2D eigenvalue weighted by Crippen LogP contribution is 2.24. The highest BCUT2D eigenvalue weighted by atomic mass is 16.2. The van der Waals surface area contributed by atoms with Gasteiger partial charge in [-0.25, -0.2) is 4.98 Å². The van der Waals surface area contributed by atoms with Crippen molar-refractivity contribution in [3.8, 4) is 11.1 Å². The van der Waals surface area contributed by atoms with Crippen molar-refractivity contribution in [1.82, 2.24) is 9.88 Å². The third kappa shape index (κ3) is 3.77. The average Bonchev–Trinajstić information content (AvgIpc) is 2.61. The maximum atomic E-state index is 12.1. The molecule has 4 heteroatoms. The van der Waals surface area contributed by atoms with Gasteiger partial charge >= 0.3 is 0 Å². The zero-order chi connectivity index (χ0) is 16.1. The summed E-state index contributed by atoms with van der Waals surface area (Å²) in [4.78, 5) is 18.4. The summed E-state index contributed by atoms with van der Waals surface area (Å²) in [5, 5.41) is 0. The molecule has 2 aromatic rings. The zero-order valence-corrected chi connectivity index (χ0v) is 13.1. The smallest absolute Gasteiger partial charge is 0.246 e. The molecule has 23 heavy (non-hydrogen) atoms. The maximum absolute atomic E-state index is 12.1. The van der Waals surface area contributed by atoms with Gasteiger partial charge in [-0.2, -0.15) is 0 Å². The van der Waals surface area contributed by atoms with Crippen LogP contribution >= 0.6 is 0 Å². The summed E-state index contributed by atoms with van der Waals surface area (Å²) in [6.07, 6.45) is 6.73. The molecule has 1 aromatic heterocycles. The van der Waals surface area contributed by atoms with Crippen molar-refractivity contribution in [2.45, 2.75) is 19.3 Å². The standard InChI is InChI=1S/C19H21N3O/c20-19-17(15-7-3-1-4-8-15)11-9-16(21-19)10-12-18(23)22-13-5-2-6-14-22/h1,3-4,7-12H,2,5-6,13-14H2,(H2,20,21)/b12-10+. The van der Waals surface area contributed by atoms with Crippen LogP contribution in [0.25, 0.3) is 17.2 Å². The van der Waals surface area contributed by atoms with Gasteiger partial charge < -0.3 is 10.6 Å². The molecule has 0 aliphatic carbocycles. The number of benzene rings is 1. The molecule has 118 valence electrons. The van der Waals surface area contributed by atoms with E-state index in [2.05, 4.69) is 4.98 Å². The van der Waals surface area contributed by atoms with E-state index in [0.717, 1.165) is 37.1 Å². The average molecular weight is 307 g/mol. The van der Waals surface area contributed by atoms with Crippen LogP contribution in [0.3, 0.4) is 0 Å². The van der Waals surface area contributed by atoms with Crippen LogP contribution in [0.5, 0.6) is 0 Å². The van der Waals surface area contributed by atoms with Crippen LogP contribution in [0.15, 0.2) is 48.5 Å². The van der Waals surface area contributed by atoms with E-state index in [9.17, 15) is 4.79 Å². The number of hydrogen-bond donors (Lipinski definition) is 1. The monoisotopic (exact) mass is 307 g/mol. The van der Waals surface area contributed by atoms with E-state index in [1.807, 2.05) is 47.4 Å². The van der Waals surface area contributed by atoms with E-state index >= 15 is 0 Å². The van der Waals surface area contributed by atoms with Gasteiger partial charge in [0.05, 0.1) is 5.69 Å². The molecule has 3 rings (SSSR count). The largest absolute Gasteiger partial charge is 0.383 e. The minimum atomic E-state index is 0.0530. The fourth-order valence-corrected chi connectivity index (χ4v) is 2.82. The van der Waals surface area contributed by atoms with E-state index in [0.29, 0.717) is 11.5 Å². The normalized spacial score (nSPS) is 15.0. The first-order valence-electron chi connectivity index (χ1n) is 8.03. The molecule has 0 atom stereocenters. The van der Waals surface area contributed by atoms with Crippen molar-refractivity contribution in [3.63, 3.8) is 0 Å². The third-order valence-corrected chi connectivity index (χ3v) is 4.10. The molecule has 0 saturated carbocycles. The fraction of sp³-hybridized carbons (Fsp3) is 0.263. The van der Waals surface area contributed by atoms with Gasteiger partial charge in [-0.05, 0) is 43.0 Å². The molecule has 1 fully saturated rings. The van der Waals surface area contributed by atoms with Crippen molar-refractivity contribution in [1.29, 1.82) is 0 Å². The number of piperidine rings is 1. The van der Waals surface area contributed by atoms with E-state index in [1.165, 1.54) is 6.42 Å². The first-order valence-corrected chi connectivity index (χ1v) is 8.03. The number of carbonyl (C=O) groups excluding carboxylic acids is 1. The highest BCUT2D eigenvalue weighted by molar-refractivity contribution is 5.91. The number of pyridine rings is 1. The molecule has 2 N–H and O–H groups in total. The molecule has 2 heterocycles. The molecule has 0 spiro atoms. The number of nitrogen functional groups attached to an aromatic ring is 1. The Morgan fingerprint density at radius 2 is 1.78 bits per heavy atom. The van der Waals surface area contributed by atoms with Gasteiger partial charge in [-0.3, -0.25) is 4.79 Å². The lowest BCUT2D eigenvalue weighted by atomic mass is 10.1. The Bertz CT molecular complexity index is 704. The van der Waals surface area contributed by atoms with E-state index in [4.69, 9.17) is 5.73 Å². The predicted molar refractivity (Wildman–Crippen MR) is 93.6 cm³/mol. The van der Waals surface area contributed by atoms with Gasteiger partial charge in [0.15, 0.2) is 0 Å². The maximum Gasteiger partial charge on any atom is 0.246 e. The van der Waals surface area contributed by atoms with Gasteiger partial charge in [0.2, 0.25) is 5.91 Å². The van der Waals surface area contributed by atoms with E-state index < -0.39 is 0 Å². The number of rotatable bonds is 3. The minimum Gasteiger partial charge on any atom is -0.383 e. The van der Waals surface area contributed by atoms with Crippen molar-refractivity contribution in [3.05, 3.63) is 54.2 Å². The second kappa shape index (κ2) is 7.09. The number of hydrogen-bond acceptors (Lipinski definition) is 3. The SMILES string of the molecule is Nc1nc(/C=C/C(=O)N2CCCCC2)ccc1-c1ccccc1. The topological polar surface area (TPSA) is 59.2 Å². The Morgan fingerprint density at radius 3 is 2.48 bits per heavy atom. The first kappa shape index (κ1) is 15.3. The number of likely N-dealkylation sites (tertiary alicyclic amines) is 1. The van der Waals surface area contributed by atoms with Crippen molar-refractivity contribution >= 4 is 17.8 Å². The number of nitrogens with zero attached hydrogens (tertiary/aromatic N) is 2. The molecular weight excluding hydrogens is 286 g/mol. The highest BCUT2D eigenvalue weighted by Gasteiger charge is 2.13. The number of anilines is 1. The Balaban J connectivity index is 1.73. The Morgan fingerprint density at radius 1 is 1.04 bits per heavy atom. The molecule has 1 saturated heterocycles. The molecule has 4 nitrogen and oxygen atoms in total. The number of aromatic nitrogens is 1. The summed E-state index contributed by atoms with van der Waals surface area (Å²) in [5.74, 6) is 0.529.